The fourth-order valence-corrected chi connectivity index (χ4v) is 3.51. The van der Waals surface area contributed by atoms with Gasteiger partial charge in [0, 0.05) is 11.8 Å². The third kappa shape index (κ3) is 0.641. The number of carboxylic acids is 1. The number of nitrogens with one attached hydrogen (secondary N) is 1. The van der Waals surface area contributed by atoms with Gasteiger partial charge in [0.05, 0.1) is 0 Å². The second-order valence-corrected chi connectivity index (χ2v) is 4.52. The Balaban J connectivity index is 2.09. The first kappa shape index (κ1) is 7.35. The lowest BCUT2D eigenvalue weighted by molar-refractivity contribution is -0.146. The molecule has 2 saturated carbocycles. The van der Waals surface area contributed by atoms with Gasteiger partial charge in [-0.05, 0) is 25.2 Å². The van der Waals surface area contributed by atoms with E-state index in [9.17, 15) is 9.59 Å². The lowest BCUT2D eigenvalue weighted by atomic mass is 9.79. The van der Waals surface area contributed by atoms with Crippen molar-refractivity contribution < 1.29 is 14.7 Å². The zero-order valence-corrected chi connectivity index (χ0v) is 7.12. The first-order valence-corrected chi connectivity index (χ1v) is 4.69. The molecule has 0 spiro atoms. The molecular weight excluding hydrogens is 170 g/mol. The molecule has 3 aliphatic rings. The second-order valence-electron chi connectivity index (χ2n) is 4.52. The highest BCUT2D eigenvalue weighted by Crippen LogP contribution is 2.57. The maximum absolute atomic E-state index is 11.4. The third-order valence-corrected chi connectivity index (χ3v) is 3.97. The Morgan fingerprint density at radius 1 is 1.54 bits per heavy atom. The van der Waals surface area contributed by atoms with E-state index >= 15 is 0 Å². The normalized spacial score (nSPS) is 51.1. The number of rotatable bonds is 1. The number of fused-ring (bicyclic) bond motifs is 1. The van der Waals surface area contributed by atoms with Crippen LogP contribution in [-0.2, 0) is 9.59 Å². The summed E-state index contributed by atoms with van der Waals surface area (Å²) in [6.07, 6.45) is 2.48. The van der Waals surface area contributed by atoms with Gasteiger partial charge in [0.2, 0.25) is 5.91 Å². The van der Waals surface area contributed by atoms with Crippen LogP contribution in [0.4, 0.5) is 0 Å². The van der Waals surface area contributed by atoms with Gasteiger partial charge in [0.25, 0.3) is 0 Å². The number of aliphatic carboxylic acids is 1. The lowest BCUT2D eigenvalue weighted by Gasteiger charge is -2.27. The molecule has 0 aromatic carbocycles. The molecule has 4 nitrogen and oxygen atoms in total. The summed E-state index contributed by atoms with van der Waals surface area (Å²) in [7, 11) is 0. The van der Waals surface area contributed by atoms with Crippen LogP contribution >= 0.6 is 0 Å². The van der Waals surface area contributed by atoms with Crippen molar-refractivity contribution in [1.29, 1.82) is 0 Å². The Labute approximate surface area is 75.3 Å². The molecule has 1 saturated heterocycles. The van der Waals surface area contributed by atoms with Gasteiger partial charge in [-0.2, -0.15) is 0 Å². The Kier molecular flexibility index (Phi) is 1.07. The van der Waals surface area contributed by atoms with Crippen LogP contribution in [0.25, 0.3) is 0 Å². The van der Waals surface area contributed by atoms with Gasteiger partial charge in [-0.25, -0.2) is 4.79 Å². The molecule has 4 atom stereocenters. The van der Waals surface area contributed by atoms with Crippen LogP contribution in [0.1, 0.15) is 19.3 Å². The topological polar surface area (TPSA) is 66.4 Å². The smallest absolute Gasteiger partial charge is 0.329 e. The summed E-state index contributed by atoms with van der Waals surface area (Å²) in [5.74, 6) is -0.342. The van der Waals surface area contributed by atoms with E-state index in [1.165, 1.54) is 0 Å². The standard InChI is InChI=1S/C9H11NO3/c11-7-5-1-4-2-6(5)9(3-4,10-7)8(12)13/h4-6H,1-3H2,(H,10,11)(H,12,13)/t4-,5+,6+,9-/m1/s1. The summed E-state index contributed by atoms with van der Waals surface area (Å²) >= 11 is 0. The van der Waals surface area contributed by atoms with Crippen molar-refractivity contribution in [2.75, 3.05) is 0 Å². The summed E-state index contributed by atoms with van der Waals surface area (Å²) in [5, 5.41) is 11.8. The number of hydrogen-bond acceptors (Lipinski definition) is 2. The molecule has 0 aromatic heterocycles. The molecule has 70 valence electrons. The van der Waals surface area contributed by atoms with Crippen LogP contribution in [0.15, 0.2) is 0 Å². The molecule has 1 aliphatic heterocycles. The SMILES string of the molecule is O=C1N[C@]2(C(=O)O)C[C@@H]3C[C@H]1[C@@H]2C3. The molecule has 2 N–H and O–H groups in total. The highest BCUT2D eigenvalue weighted by molar-refractivity contribution is 5.94. The first-order valence-electron chi connectivity index (χ1n) is 4.69. The number of carbonyl (C=O) groups is 2. The summed E-state index contributed by atoms with van der Waals surface area (Å²) in [6, 6.07) is 0. The quantitative estimate of drug-likeness (QED) is 0.597. The predicted molar refractivity (Wildman–Crippen MR) is 42.8 cm³/mol. The predicted octanol–water partition coefficient (Wildman–Crippen LogP) is -0.0143. The first-order chi connectivity index (χ1) is 6.13. The lowest BCUT2D eigenvalue weighted by Crippen LogP contribution is -2.50. The van der Waals surface area contributed by atoms with Crippen molar-refractivity contribution in [1.82, 2.24) is 5.32 Å². The van der Waals surface area contributed by atoms with E-state index in [0.717, 1.165) is 12.8 Å². The Hall–Kier alpha value is -1.06. The molecule has 2 bridgehead atoms. The van der Waals surface area contributed by atoms with E-state index in [-0.39, 0.29) is 17.7 Å². The van der Waals surface area contributed by atoms with Gasteiger partial charge >= 0.3 is 5.97 Å². The monoisotopic (exact) mass is 181 g/mol. The van der Waals surface area contributed by atoms with Gasteiger partial charge in [-0.1, -0.05) is 0 Å². The minimum absolute atomic E-state index is 0.00477. The van der Waals surface area contributed by atoms with Crippen molar-refractivity contribution in [3.63, 3.8) is 0 Å². The van der Waals surface area contributed by atoms with Crippen LogP contribution in [0.5, 0.6) is 0 Å². The maximum Gasteiger partial charge on any atom is 0.329 e. The Morgan fingerprint density at radius 2 is 2.31 bits per heavy atom. The molecule has 13 heavy (non-hydrogen) atoms. The zero-order chi connectivity index (χ0) is 9.22. The number of carboxylic acid groups (broad SMARTS) is 1. The average Bonchev–Trinajstić information content (AvgIpc) is 2.61. The molecule has 3 rings (SSSR count). The van der Waals surface area contributed by atoms with E-state index in [2.05, 4.69) is 5.32 Å². The number of hydrogen-bond donors (Lipinski definition) is 2. The minimum atomic E-state index is -0.884. The summed E-state index contributed by atoms with van der Waals surface area (Å²) in [4.78, 5) is 22.5. The highest BCUT2D eigenvalue weighted by Gasteiger charge is 2.66. The third-order valence-electron chi connectivity index (χ3n) is 3.97. The van der Waals surface area contributed by atoms with Crippen molar-refractivity contribution in [2.24, 2.45) is 17.8 Å². The van der Waals surface area contributed by atoms with E-state index in [1.807, 2.05) is 0 Å². The van der Waals surface area contributed by atoms with Crippen molar-refractivity contribution in [3.05, 3.63) is 0 Å². The molecule has 0 radical (unpaired) electrons. The zero-order valence-electron chi connectivity index (χ0n) is 7.12. The van der Waals surface area contributed by atoms with Crippen LogP contribution in [0.3, 0.4) is 0 Å². The van der Waals surface area contributed by atoms with Crippen molar-refractivity contribution >= 4 is 11.9 Å². The van der Waals surface area contributed by atoms with Gasteiger partial charge in [0.15, 0.2) is 0 Å². The van der Waals surface area contributed by atoms with Crippen molar-refractivity contribution in [3.8, 4) is 0 Å². The molecule has 0 unspecified atom stereocenters. The maximum atomic E-state index is 11.4. The van der Waals surface area contributed by atoms with Crippen LogP contribution < -0.4 is 5.32 Å². The fourth-order valence-electron chi connectivity index (χ4n) is 3.51. The molecule has 4 heteroatoms. The molecular formula is C9H11NO3. The Morgan fingerprint density at radius 3 is 2.85 bits per heavy atom. The van der Waals surface area contributed by atoms with Crippen LogP contribution in [0.2, 0.25) is 0 Å². The van der Waals surface area contributed by atoms with Crippen molar-refractivity contribution in [2.45, 2.75) is 24.8 Å². The molecule has 1 amide bonds. The van der Waals surface area contributed by atoms with E-state index in [0.29, 0.717) is 12.3 Å². The second kappa shape index (κ2) is 1.89. The minimum Gasteiger partial charge on any atom is -0.479 e. The molecule has 3 fully saturated rings. The summed E-state index contributed by atoms with van der Waals surface area (Å²) < 4.78 is 0. The fraction of sp³-hybridized carbons (Fsp3) is 0.778. The molecule has 1 heterocycles. The summed E-state index contributed by atoms with van der Waals surface area (Å²) in [6.45, 7) is 0. The largest absolute Gasteiger partial charge is 0.479 e. The molecule has 2 aliphatic carbocycles. The van der Waals surface area contributed by atoms with Gasteiger partial charge in [-0.3, -0.25) is 4.79 Å². The highest BCUT2D eigenvalue weighted by atomic mass is 16.4. The molecule has 0 aromatic rings. The van der Waals surface area contributed by atoms with Crippen LogP contribution in [-0.4, -0.2) is 22.5 Å². The number of amides is 1. The number of carbonyl (C=O) groups excluding carboxylic acids is 1. The van der Waals surface area contributed by atoms with E-state index in [4.69, 9.17) is 5.11 Å². The van der Waals surface area contributed by atoms with E-state index in [1.54, 1.807) is 0 Å². The average molecular weight is 181 g/mol. The van der Waals surface area contributed by atoms with Gasteiger partial charge < -0.3 is 10.4 Å². The van der Waals surface area contributed by atoms with Gasteiger partial charge in [-0.15, -0.1) is 0 Å². The van der Waals surface area contributed by atoms with Gasteiger partial charge in [0.1, 0.15) is 5.54 Å². The Bertz CT molecular complexity index is 312. The summed E-state index contributed by atoms with van der Waals surface area (Å²) in [5.41, 5.74) is -0.884. The van der Waals surface area contributed by atoms with Crippen LogP contribution in [0, 0.1) is 17.8 Å². The van der Waals surface area contributed by atoms with E-state index < -0.39 is 11.5 Å².